The summed E-state index contributed by atoms with van der Waals surface area (Å²) in [4.78, 5) is 11.9. The lowest BCUT2D eigenvalue weighted by molar-refractivity contribution is -0.118. The highest BCUT2D eigenvalue weighted by atomic mass is 79.9. The molecular weight excluding hydrogens is 292 g/mol. The van der Waals surface area contributed by atoms with Crippen LogP contribution < -0.4 is 11.1 Å². The second-order valence-corrected chi connectivity index (χ2v) is 5.45. The summed E-state index contributed by atoms with van der Waals surface area (Å²) < 4.78 is 12.7. The van der Waals surface area contributed by atoms with Gasteiger partial charge in [-0.2, -0.15) is 0 Å². The molecule has 0 bridgehead atoms. The first-order valence-corrected chi connectivity index (χ1v) is 6.85. The maximum Gasteiger partial charge on any atom is 0.233 e. The van der Waals surface area contributed by atoms with Crippen molar-refractivity contribution in [2.45, 2.75) is 4.90 Å². The molecule has 1 unspecified atom stereocenters. The van der Waals surface area contributed by atoms with E-state index in [1.54, 1.807) is 24.3 Å². The Morgan fingerprint density at radius 3 is 2.56 bits per heavy atom. The number of carbonyl (C=O) groups is 1. The summed E-state index contributed by atoms with van der Waals surface area (Å²) >= 11 is 3.29. The third kappa shape index (κ3) is 4.42. The lowest BCUT2D eigenvalue weighted by atomic mass is 10.4. The highest BCUT2D eigenvalue weighted by Gasteiger charge is 2.09. The van der Waals surface area contributed by atoms with Crippen molar-refractivity contribution in [3.05, 3.63) is 28.7 Å². The molecule has 0 spiro atoms. The van der Waals surface area contributed by atoms with Gasteiger partial charge in [0.05, 0.1) is 10.8 Å². The molecule has 0 heterocycles. The summed E-state index contributed by atoms with van der Waals surface area (Å²) in [6, 6.07) is 7.06. The maximum absolute atomic E-state index is 11.7. The fourth-order valence-electron chi connectivity index (χ4n) is 1.05. The SMILES string of the molecule is NCCNC(=O)CS(=O)c1ccc(Br)cc1. The summed E-state index contributed by atoms with van der Waals surface area (Å²) in [5.41, 5.74) is 5.24. The normalized spacial score (nSPS) is 12.1. The van der Waals surface area contributed by atoms with E-state index in [9.17, 15) is 9.00 Å². The van der Waals surface area contributed by atoms with Crippen LogP contribution in [0.5, 0.6) is 0 Å². The lowest BCUT2D eigenvalue weighted by Gasteiger charge is -2.03. The molecule has 4 nitrogen and oxygen atoms in total. The van der Waals surface area contributed by atoms with Gasteiger partial charge in [0, 0.05) is 22.5 Å². The minimum Gasteiger partial charge on any atom is -0.354 e. The second-order valence-electron chi connectivity index (χ2n) is 3.08. The Morgan fingerprint density at radius 2 is 2.00 bits per heavy atom. The number of carbonyl (C=O) groups excluding carboxylic acids is 1. The lowest BCUT2D eigenvalue weighted by Crippen LogP contribution is -2.32. The van der Waals surface area contributed by atoms with Gasteiger partial charge < -0.3 is 11.1 Å². The molecule has 1 atom stereocenters. The number of nitrogens with two attached hydrogens (primary N) is 1. The van der Waals surface area contributed by atoms with Crippen LogP contribution in [0.4, 0.5) is 0 Å². The summed E-state index contributed by atoms with van der Waals surface area (Å²) in [6.45, 7) is 0.799. The molecule has 1 aromatic rings. The number of hydrogen-bond donors (Lipinski definition) is 2. The van der Waals surface area contributed by atoms with Crippen LogP contribution in [0, 0.1) is 0 Å². The Kier molecular flexibility index (Phi) is 5.65. The summed E-state index contributed by atoms with van der Waals surface area (Å²) in [7, 11) is -1.30. The van der Waals surface area contributed by atoms with Crippen LogP contribution in [0.15, 0.2) is 33.6 Å². The zero-order valence-electron chi connectivity index (χ0n) is 8.61. The van der Waals surface area contributed by atoms with Crippen molar-refractivity contribution in [3.63, 3.8) is 0 Å². The third-order valence-electron chi connectivity index (χ3n) is 1.81. The molecule has 0 aliphatic rings. The minimum atomic E-state index is -1.30. The zero-order chi connectivity index (χ0) is 12.0. The van der Waals surface area contributed by atoms with Crippen LogP contribution in [0.25, 0.3) is 0 Å². The van der Waals surface area contributed by atoms with Gasteiger partial charge in [-0.15, -0.1) is 0 Å². The van der Waals surface area contributed by atoms with Gasteiger partial charge in [0.1, 0.15) is 5.75 Å². The smallest absolute Gasteiger partial charge is 0.233 e. The molecule has 88 valence electrons. The van der Waals surface area contributed by atoms with Crippen molar-refractivity contribution in [2.75, 3.05) is 18.8 Å². The first kappa shape index (κ1) is 13.3. The molecule has 0 radical (unpaired) electrons. The molecule has 0 fully saturated rings. The number of nitrogens with one attached hydrogen (secondary N) is 1. The van der Waals surface area contributed by atoms with Gasteiger partial charge >= 0.3 is 0 Å². The predicted octanol–water partition coefficient (Wildman–Crippen LogP) is 0.632. The fourth-order valence-corrected chi connectivity index (χ4v) is 2.26. The number of hydrogen-bond acceptors (Lipinski definition) is 3. The van der Waals surface area contributed by atoms with Gasteiger partial charge in [-0.05, 0) is 24.3 Å². The first-order chi connectivity index (χ1) is 7.63. The summed E-state index contributed by atoms with van der Waals surface area (Å²) in [5.74, 6) is -0.270. The van der Waals surface area contributed by atoms with Crippen molar-refractivity contribution < 1.29 is 9.00 Å². The fraction of sp³-hybridized carbons (Fsp3) is 0.300. The van der Waals surface area contributed by atoms with Gasteiger partial charge in [-0.25, -0.2) is 0 Å². The van der Waals surface area contributed by atoms with Crippen molar-refractivity contribution in [2.24, 2.45) is 5.73 Å². The van der Waals surface area contributed by atoms with E-state index in [2.05, 4.69) is 21.2 Å². The molecule has 1 aromatic carbocycles. The van der Waals surface area contributed by atoms with Crippen LogP contribution in [0.3, 0.4) is 0 Å². The topological polar surface area (TPSA) is 72.2 Å². The maximum atomic E-state index is 11.7. The monoisotopic (exact) mass is 304 g/mol. The van der Waals surface area contributed by atoms with E-state index >= 15 is 0 Å². The minimum absolute atomic E-state index is 0.0262. The van der Waals surface area contributed by atoms with Gasteiger partial charge in [-0.3, -0.25) is 9.00 Å². The van der Waals surface area contributed by atoms with E-state index < -0.39 is 10.8 Å². The number of rotatable bonds is 5. The predicted molar refractivity (Wildman–Crippen MR) is 67.5 cm³/mol. The van der Waals surface area contributed by atoms with E-state index in [1.807, 2.05) is 0 Å². The van der Waals surface area contributed by atoms with Crippen LogP contribution in [0.1, 0.15) is 0 Å². The van der Waals surface area contributed by atoms with Gasteiger partial charge in [0.2, 0.25) is 5.91 Å². The van der Waals surface area contributed by atoms with Gasteiger partial charge in [0.15, 0.2) is 0 Å². The van der Waals surface area contributed by atoms with E-state index in [4.69, 9.17) is 5.73 Å². The van der Waals surface area contributed by atoms with E-state index in [1.165, 1.54) is 0 Å². The molecule has 1 amide bonds. The Balaban J connectivity index is 2.52. The summed E-state index contributed by atoms with van der Waals surface area (Å²) in [5, 5.41) is 2.58. The Labute approximate surface area is 105 Å². The molecule has 0 saturated carbocycles. The van der Waals surface area contributed by atoms with Crippen molar-refractivity contribution >= 4 is 32.6 Å². The Hall–Kier alpha value is -0.720. The van der Waals surface area contributed by atoms with Gasteiger partial charge in [0.25, 0.3) is 0 Å². The van der Waals surface area contributed by atoms with E-state index in [-0.39, 0.29) is 11.7 Å². The van der Waals surface area contributed by atoms with E-state index in [0.717, 1.165) is 4.47 Å². The largest absolute Gasteiger partial charge is 0.354 e. The molecule has 16 heavy (non-hydrogen) atoms. The van der Waals surface area contributed by atoms with Crippen LogP contribution in [-0.4, -0.2) is 29.0 Å². The first-order valence-electron chi connectivity index (χ1n) is 4.74. The van der Waals surface area contributed by atoms with Crippen molar-refractivity contribution in [3.8, 4) is 0 Å². The zero-order valence-corrected chi connectivity index (χ0v) is 11.0. The molecule has 0 saturated heterocycles. The molecule has 0 aromatic heterocycles. The molecule has 1 rings (SSSR count). The van der Waals surface area contributed by atoms with Crippen LogP contribution in [0.2, 0.25) is 0 Å². The van der Waals surface area contributed by atoms with E-state index in [0.29, 0.717) is 18.0 Å². The highest BCUT2D eigenvalue weighted by molar-refractivity contribution is 9.10. The third-order valence-corrected chi connectivity index (χ3v) is 3.66. The highest BCUT2D eigenvalue weighted by Crippen LogP contribution is 2.13. The second kappa shape index (κ2) is 6.78. The molecule has 3 N–H and O–H groups in total. The molecule has 0 aliphatic carbocycles. The van der Waals surface area contributed by atoms with Crippen molar-refractivity contribution in [1.29, 1.82) is 0 Å². The Bertz CT molecular complexity index is 381. The Morgan fingerprint density at radius 1 is 1.38 bits per heavy atom. The number of amides is 1. The molecular formula is C10H13BrN2O2S. The van der Waals surface area contributed by atoms with Crippen LogP contribution in [-0.2, 0) is 15.6 Å². The molecule has 0 aliphatic heterocycles. The summed E-state index contributed by atoms with van der Waals surface area (Å²) in [6.07, 6.45) is 0. The number of benzene rings is 1. The number of halogens is 1. The average molecular weight is 305 g/mol. The van der Waals surface area contributed by atoms with Crippen molar-refractivity contribution in [1.82, 2.24) is 5.32 Å². The quantitative estimate of drug-likeness (QED) is 0.838. The van der Waals surface area contributed by atoms with Crippen LogP contribution >= 0.6 is 15.9 Å². The average Bonchev–Trinajstić information content (AvgIpc) is 2.27. The molecule has 6 heteroatoms. The standard InChI is InChI=1S/C10H13BrN2O2S/c11-8-1-3-9(4-2-8)16(15)7-10(14)13-6-5-12/h1-4H,5-7,12H2,(H,13,14). The van der Waals surface area contributed by atoms with Gasteiger partial charge in [-0.1, -0.05) is 15.9 Å².